The summed E-state index contributed by atoms with van der Waals surface area (Å²) in [4.78, 5) is 30.5. The highest BCUT2D eigenvalue weighted by atomic mass is 32.2. The van der Waals surface area contributed by atoms with Gasteiger partial charge >= 0.3 is 5.97 Å². The van der Waals surface area contributed by atoms with Crippen LogP contribution in [0.25, 0.3) is 10.2 Å². The quantitative estimate of drug-likeness (QED) is 0.248. The van der Waals surface area contributed by atoms with Gasteiger partial charge in [0.25, 0.3) is 0 Å². The van der Waals surface area contributed by atoms with Crippen molar-refractivity contribution in [3.63, 3.8) is 0 Å². The summed E-state index contributed by atoms with van der Waals surface area (Å²) in [7, 11) is 3.24. The predicted octanol–water partition coefficient (Wildman–Crippen LogP) is 4.28. The van der Waals surface area contributed by atoms with Gasteiger partial charge in [-0.05, 0) is 61.6 Å². The maximum Gasteiger partial charge on any atom is 0.326 e. The summed E-state index contributed by atoms with van der Waals surface area (Å²) in [5.74, 6) is 1.75. The lowest BCUT2D eigenvalue weighted by Crippen LogP contribution is -2.23. The smallest absolute Gasteiger partial charge is 0.326 e. The highest BCUT2D eigenvalue weighted by Gasteiger charge is 2.13. The van der Waals surface area contributed by atoms with Gasteiger partial charge in [-0.2, -0.15) is 4.99 Å². The molecule has 1 heterocycles. The van der Waals surface area contributed by atoms with Crippen LogP contribution in [0.15, 0.2) is 52.4 Å². The molecule has 0 bridgehead atoms. The molecule has 3 rings (SSSR count). The van der Waals surface area contributed by atoms with Crippen LogP contribution in [0.1, 0.15) is 19.8 Å². The van der Waals surface area contributed by atoms with Gasteiger partial charge in [0.15, 0.2) is 4.80 Å². The van der Waals surface area contributed by atoms with E-state index in [1.165, 1.54) is 11.3 Å². The van der Waals surface area contributed by atoms with Crippen molar-refractivity contribution in [2.24, 2.45) is 4.99 Å². The van der Waals surface area contributed by atoms with E-state index in [2.05, 4.69) is 4.99 Å². The maximum absolute atomic E-state index is 12.5. The number of aromatic nitrogens is 1. The Morgan fingerprint density at radius 3 is 2.47 bits per heavy atom. The molecule has 0 spiro atoms. The average molecular weight is 475 g/mol. The first-order valence-electron chi connectivity index (χ1n) is 10.2. The number of fused-ring (bicyclic) bond motifs is 1. The zero-order valence-corrected chi connectivity index (χ0v) is 20.0. The van der Waals surface area contributed by atoms with Gasteiger partial charge < -0.3 is 18.8 Å². The normalized spacial score (nSPS) is 11.5. The molecule has 9 heteroatoms. The molecule has 170 valence electrons. The van der Waals surface area contributed by atoms with Gasteiger partial charge in [-0.3, -0.25) is 9.59 Å². The number of carbonyl (C=O) groups is 2. The molecule has 0 N–H and O–H groups in total. The fourth-order valence-corrected chi connectivity index (χ4v) is 4.93. The minimum atomic E-state index is -0.368. The Labute approximate surface area is 195 Å². The molecule has 0 aliphatic carbocycles. The summed E-state index contributed by atoms with van der Waals surface area (Å²) in [6.45, 7) is 2.06. The van der Waals surface area contributed by atoms with E-state index in [4.69, 9.17) is 14.2 Å². The first kappa shape index (κ1) is 23.9. The zero-order chi connectivity index (χ0) is 22.9. The van der Waals surface area contributed by atoms with Crippen LogP contribution in [0.3, 0.4) is 0 Å². The average Bonchev–Trinajstić information content (AvgIpc) is 3.13. The lowest BCUT2D eigenvalue weighted by molar-refractivity contribution is -0.143. The van der Waals surface area contributed by atoms with E-state index in [0.29, 0.717) is 30.0 Å². The number of rotatable bonds is 10. The number of methoxy groups -OCH3 is 2. The molecule has 1 amide bonds. The summed E-state index contributed by atoms with van der Waals surface area (Å²) >= 11 is 3.04. The van der Waals surface area contributed by atoms with Gasteiger partial charge in [-0.25, -0.2) is 0 Å². The van der Waals surface area contributed by atoms with Crippen LogP contribution in [0, 0.1) is 0 Å². The van der Waals surface area contributed by atoms with Crippen molar-refractivity contribution in [1.82, 2.24) is 4.57 Å². The standard InChI is InChI=1S/C23H26N2O5S2/c1-4-30-22(27)15-25-19-12-9-17(29-3)14-20(19)32-23(25)24-21(26)6-5-13-31-18-10-7-16(28-2)8-11-18/h7-12,14H,4-6,13,15H2,1-3H3. The number of thiazole rings is 1. The van der Waals surface area contributed by atoms with Gasteiger partial charge in [0.1, 0.15) is 18.0 Å². The lowest BCUT2D eigenvalue weighted by atomic mass is 10.3. The largest absolute Gasteiger partial charge is 0.497 e. The van der Waals surface area contributed by atoms with E-state index < -0.39 is 0 Å². The molecule has 0 saturated carbocycles. The Morgan fingerprint density at radius 2 is 1.78 bits per heavy atom. The minimum Gasteiger partial charge on any atom is -0.497 e. The molecule has 0 unspecified atom stereocenters. The van der Waals surface area contributed by atoms with Crippen LogP contribution in [0.4, 0.5) is 0 Å². The zero-order valence-electron chi connectivity index (χ0n) is 18.3. The Kier molecular flexibility index (Phi) is 8.75. The van der Waals surface area contributed by atoms with E-state index in [0.717, 1.165) is 26.6 Å². The molecule has 0 fully saturated rings. The summed E-state index contributed by atoms with van der Waals surface area (Å²) in [6.07, 6.45) is 1.04. The van der Waals surface area contributed by atoms with Crippen molar-refractivity contribution < 1.29 is 23.8 Å². The van der Waals surface area contributed by atoms with Crippen molar-refractivity contribution in [3.05, 3.63) is 47.3 Å². The van der Waals surface area contributed by atoms with Crippen LogP contribution >= 0.6 is 23.1 Å². The number of esters is 1. The fourth-order valence-electron chi connectivity index (χ4n) is 3.00. The summed E-state index contributed by atoms with van der Waals surface area (Å²) < 4.78 is 18.1. The van der Waals surface area contributed by atoms with Crippen molar-refractivity contribution in [2.75, 3.05) is 26.6 Å². The Bertz CT molecular complexity index is 1140. The maximum atomic E-state index is 12.5. The monoisotopic (exact) mass is 474 g/mol. The Morgan fingerprint density at radius 1 is 1.06 bits per heavy atom. The lowest BCUT2D eigenvalue weighted by Gasteiger charge is -2.05. The second kappa shape index (κ2) is 11.7. The minimum absolute atomic E-state index is 0.000393. The summed E-state index contributed by atoms with van der Waals surface area (Å²) in [5, 5.41) is 0. The van der Waals surface area contributed by atoms with E-state index >= 15 is 0 Å². The summed E-state index contributed by atoms with van der Waals surface area (Å²) in [6, 6.07) is 13.4. The molecule has 3 aromatic rings. The van der Waals surface area contributed by atoms with Gasteiger partial charge in [-0.15, -0.1) is 11.8 Å². The molecule has 1 aromatic heterocycles. The molecule has 0 saturated heterocycles. The van der Waals surface area contributed by atoms with Gasteiger partial charge in [0.2, 0.25) is 5.91 Å². The molecule has 0 aliphatic heterocycles. The predicted molar refractivity (Wildman–Crippen MR) is 127 cm³/mol. The molecule has 0 atom stereocenters. The Balaban J connectivity index is 1.70. The topological polar surface area (TPSA) is 79.1 Å². The molecular formula is C23H26N2O5S2. The van der Waals surface area contributed by atoms with Crippen LogP contribution < -0.4 is 14.3 Å². The second-order valence-corrected chi connectivity index (χ2v) is 8.92. The number of carbonyl (C=O) groups excluding carboxylic acids is 2. The van der Waals surface area contributed by atoms with E-state index in [-0.39, 0.29) is 18.4 Å². The number of nitrogens with zero attached hydrogens (tertiary/aromatic N) is 2. The second-order valence-electron chi connectivity index (χ2n) is 6.74. The summed E-state index contributed by atoms with van der Waals surface area (Å²) in [5.41, 5.74) is 0.811. The van der Waals surface area contributed by atoms with Crippen molar-refractivity contribution in [1.29, 1.82) is 0 Å². The highest BCUT2D eigenvalue weighted by Crippen LogP contribution is 2.24. The van der Waals surface area contributed by atoms with Crippen LogP contribution in [-0.4, -0.2) is 43.0 Å². The van der Waals surface area contributed by atoms with Crippen LogP contribution in [0.5, 0.6) is 11.5 Å². The first-order valence-corrected chi connectivity index (χ1v) is 12.0. The first-order chi connectivity index (χ1) is 15.5. The van der Waals surface area contributed by atoms with Crippen LogP contribution in [-0.2, 0) is 20.9 Å². The van der Waals surface area contributed by atoms with Crippen molar-refractivity contribution in [2.45, 2.75) is 31.2 Å². The van der Waals surface area contributed by atoms with E-state index in [9.17, 15) is 9.59 Å². The SMILES string of the molecule is CCOC(=O)Cn1c(=NC(=O)CCCSc2ccc(OC)cc2)sc2cc(OC)ccc21. The third-order valence-corrected chi connectivity index (χ3v) is 6.71. The number of ether oxygens (including phenoxy) is 3. The van der Waals surface area contributed by atoms with Crippen molar-refractivity contribution in [3.8, 4) is 11.5 Å². The van der Waals surface area contributed by atoms with Crippen LogP contribution in [0.2, 0.25) is 0 Å². The van der Waals surface area contributed by atoms with Crippen molar-refractivity contribution >= 4 is 45.2 Å². The van der Waals surface area contributed by atoms with E-state index in [1.54, 1.807) is 37.5 Å². The van der Waals surface area contributed by atoms with Gasteiger partial charge in [0.05, 0.1) is 31.0 Å². The van der Waals surface area contributed by atoms with Gasteiger partial charge in [0, 0.05) is 11.3 Å². The molecule has 0 radical (unpaired) electrons. The molecular weight excluding hydrogens is 448 g/mol. The third kappa shape index (κ3) is 6.37. The molecule has 0 aliphatic rings. The molecule has 2 aromatic carbocycles. The van der Waals surface area contributed by atoms with E-state index in [1.807, 2.05) is 42.5 Å². The fraction of sp³-hybridized carbons (Fsp3) is 0.348. The molecule has 7 nitrogen and oxygen atoms in total. The Hall–Kier alpha value is -2.78. The highest BCUT2D eigenvalue weighted by molar-refractivity contribution is 7.99. The number of benzene rings is 2. The third-order valence-electron chi connectivity index (χ3n) is 4.57. The number of amides is 1. The number of hydrogen-bond acceptors (Lipinski definition) is 7. The number of hydrogen-bond donors (Lipinski definition) is 0. The number of thioether (sulfide) groups is 1. The van der Waals surface area contributed by atoms with Gasteiger partial charge in [-0.1, -0.05) is 11.3 Å². The molecule has 32 heavy (non-hydrogen) atoms.